The number of halogens is 1. The summed E-state index contributed by atoms with van der Waals surface area (Å²) < 4.78 is 40.9. The summed E-state index contributed by atoms with van der Waals surface area (Å²) in [6.45, 7) is 0.702. The summed E-state index contributed by atoms with van der Waals surface area (Å²) in [6, 6.07) is 12.7. The number of benzene rings is 2. The van der Waals surface area contributed by atoms with Gasteiger partial charge in [-0.05, 0) is 48.2 Å². The number of hydrogen-bond acceptors (Lipinski definition) is 4. The maximum Gasteiger partial charge on any atom is 0.246 e. The van der Waals surface area contributed by atoms with Crippen molar-refractivity contribution in [2.75, 3.05) is 19.4 Å². The molecule has 0 fully saturated rings. The Labute approximate surface area is 153 Å². The molecule has 1 amide bonds. The van der Waals surface area contributed by atoms with Gasteiger partial charge in [0.1, 0.15) is 12.4 Å². The van der Waals surface area contributed by atoms with Crippen LogP contribution in [0.4, 0.5) is 4.39 Å². The van der Waals surface area contributed by atoms with Gasteiger partial charge >= 0.3 is 0 Å². The first-order chi connectivity index (χ1) is 12.3. The quantitative estimate of drug-likeness (QED) is 0.680. The van der Waals surface area contributed by atoms with E-state index in [1.807, 2.05) is 0 Å². The molecule has 7 heteroatoms. The largest absolute Gasteiger partial charge is 0.367 e. The van der Waals surface area contributed by atoms with Gasteiger partial charge in [0.25, 0.3) is 0 Å². The monoisotopic (exact) mass is 379 g/mol. The molecule has 0 spiro atoms. The minimum Gasteiger partial charge on any atom is -0.367 e. The third kappa shape index (κ3) is 6.93. The fourth-order valence-electron chi connectivity index (χ4n) is 2.32. The molecule has 1 N–H and O–H groups in total. The van der Waals surface area contributed by atoms with Crippen molar-refractivity contribution in [1.82, 2.24) is 5.32 Å². The van der Waals surface area contributed by atoms with Gasteiger partial charge < -0.3 is 10.1 Å². The first kappa shape index (κ1) is 20.1. The predicted molar refractivity (Wildman–Crippen MR) is 96.9 cm³/mol. The Bertz CT molecular complexity index is 818. The standard InChI is InChI=1S/C19H22FNO4S/c1-26(23,24)18-10-6-15(7-11-18)3-2-12-21-19(22)14-25-13-16-4-8-17(20)9-5-16/h4-11H,2-3,12-14H2,1H3,(H,21,22). The third-order valence-electron chi connectivity index (χ3n) is 3.73. The van der Waals surface area contributed by atoms with Gasteiger partial charge in [0.05, 0.1) is 11.5 Å². The molecule has 0 aliphatic rings. The van der Waals surface area contributed by atoms with Gasteiger partial charge in [0.2, 0.25) is 5.91 Å². The molecule has 2 aromatic rings. The Hall–Kier alpha value is -2.25. The summed E-state index contributed by atoms with van der Waals surface area (Å²) in [5.41, 5.74) is 1.82. The van der Waals surface area contributed by atoms with E-state index in [1.54, 1.807) is 36.4 Å². The summed E-state index contributed by atoms with van der Waals surface area (Å²) in [4.78, 5) is 12.0. The van der Waals surface area contributed by atoms with Crippen LogP contribution in [0.25, 0.3) is 0 Å². The molecule has 5 nitrogen and oxygen atoms in total. The van der Waals surface area contributed by atoms with E-state index in [0.29, 0.717) is 11.4 Å². The minimum atomic E-state index is -3.18. The van der Waals surface area contributed by atoms with Crippen molar-refractivity contribution < 1.29 is 22.3 Å². The van der Waals surface area contributed by atoms with Gasteiger partial charge in [-0.2, -0.15) is 0 Å². The molecule has 0 saturated carbocycles. The lowest BCUT2D eigenvalue weighted by molar-refractivity contribution is -0.126. The molecule has 140 valence electrons. The van der Waals surface area contributed by atoms with Crippen molar-refractivity contribution in [3.05, 3.63) is 65.5 Å². The molecular formula is C19H22FNO4S. The number of sulfone groups is 1. The van der Waals surface area contributed by atoms with Gasteiger partial charge in [0, 0.05) is 12.8 Å². The smallest absolute Gasteiger partial charge is 0.246 e. The van der Waals surface area contributed by atoms with E-state index in [0.717, 1.165) is 24.0 Å². The number of aryl methyl sites for hydroxylation is 1. The van der Waals surface area contributed by atoms with Crippen molar-refractivity contribution >= 4 is 15.7 Å². The number of ether oxygens (including phenoxy) is 1. The fourth-order valence-corrected chi connectivity index (χ4v) is 2.95. The maximum atomic E-state index is 12.8. The van der Waals surface area contributed by atoms with Crippen LogP contribution in [0, 0.1) is 5.82 Å². The number of amides is 1. The molecule has 2 aromatic carbocycles. The molecule has 0 aliphatic carbocycles. The zero-order chi connectivity index (χ0) is 19.0. The van der Waals surface area contributed by atoms with Crippen LogP contribution >= 0.6 is 0 Å². The Balaban J connectivity index is 1.61. The highest BCUT2D eigenvalue weighted by Gasteiger charge is 2.06. The molecule has 0 bridgehead atoms. The van der Waals surface area contributed by atoms with Crippen molar-refractivity contribution in [3.63, 3.8) is 0 Å². The molecule has 0 aliphatic heterocycles. The Morgan fingerprint density at radius 1 is 1.04 bits per heavy atom. The summed E-state index contributed by atoms with van der Waals surface area (Å²) in [5.74, 6) is -0.517. The van der Waals surface area contributed by atoms with Crippen molar-refractivity contribution in [1.29, 1.82) is 0 Å². The number of nitrogens with one attached hydrogen (secondary N) is 1. The van der Waals surface area contributed by atoms with Crippen LogP contribution in [0.15, 0.2) is 53.4 Å². The fraction of sp³-hybridized carbons (Fsp3) is 0.316. The van der Waals surface area contributed by atoms with Gasteiger partial charge in [-0.3, -0.25) is 4.79 Å². The average Bonchev–Trinajstić information content (AvgIpc) is 2.60. The summed E-state index contributed by atoms with van der Waals surface area (Å²) in [6.07, 6.45) is 2.65. The van der Waals surface area contributed by atoms with E-state index >= 15 is 0 Å². The van der Waals surface area contributed by atoms with Crippen LogP contribution in [0.2, 0.25) is 0 Å². The van der Waals surface area contributed by atoms with Crippen LogP contribution < -0.4 is 5.32 Å². The van der Waals surface area contributed by atoms with Crippen LogP contribution in [-0.4, -0.2) is 33.7 Å². The van der Waals surface area contributed by atoms with Crippen LogP contribution in [0.5, 0.6) is 0 Å². The van der Waals surface area contributed by atoms with Crippen LogP contribution in [0.3, 0.4) is 0 Å². The number of carbonyl (C=O) groups is 1. The second kappa shape index (κ2) is 9.45. The molecule has 0 saturated heterocycles. The van der Waals surface area contributed by atoms with E-state index in [1.165, 1.54) is 18.4 Å². The van der Waals surface area contributed by atoms with Crippen molar-refractivity contribution in [2.24, 2.45) is 0 Å². The zero-order valence-corrected chi connectivity index (χ0v) is 15.4. The Morgan fingerprint density at radius 3 is 2.27 bits per heavy atom. The molecule has 2 rings (SSSR count). The third-order valence-corrected chi connectivity index (χ3v) is 4.86. The summed E-state index contributed by atoms with van der Waals surface area (Å²) in [5, 5.41) is 2.76. The summed E-state index contributed by atoms with van der Waals surface area (Å²) >= 11 is 0. The highest BCUT2D eigenvalue weighted by atomic mass is 32.2. The number of rotatable bonds is 9. The molecular weight excluding hydrogens is 357 g/mol. The van der Waals surface area contributed by atoms with Gasteiger partial charge in [0.15, 0.2) is 9.84 Å². The zero-order valence-electron chi connectivity index (χ0n) is 14.6. The lowest BCUT2D eigenvalue weighted by atomic mass is 10.1. The van der Waals surface area contributed by atoms with Crippen molar-refractivity contribution in [3.8, 4) is 0 Å². The van der Waals surface area contributed by atoms with E-state index in [9.17, 15) is 17.6 Å². The van der Waals surface area contributed by atoms with E-state index in [2.05, 4.69) is 5.32 Å². The molecule has 0 aromatic heterocycles. The number of carbonyl (C=O) groups excluding carboxylic acids is 1. The number of hydrogen-bond donors (Lipinski definition) is 1. The van der Waals surface area contributed by atoms with E-state index in [-0.39, 0.29) is 24.9 Å². The normalized spacial score (nSPS) is 11.3. The highest BCUT2D eigenvalue weighted by molar-refractivity contribution is 7.90. The Morgan fingerprint density at radius 2 is 1.65 bits per heavy atom. The SMILES string of the molecule is CS(=O)(=O)c1ccc(CCCNC(=O)COCc2ccc(F)cc2)cc1. The predicted octanol–water partition coefficient (Wildman–Crippen LogP) is 2.49. The Kier molecular flexibility index (Phi) is 7.29. The maximum absolute atomic E-state index is 12.8. The van der Waals surface area contributed by atoms with E-state index in [4.69, 9.17) is 4.74 Å². The second-order valence-electron chi connectivity index (χ2n) is 5.99. The highest BCUT2D eigenvalue weighted by Crippen LogP contribution is 2.11. The van der Waals surface area contributed by atoms with Crippen LogP contribution in [-0.2, 0) is 32.4 Å². The minimum absolute atomic E-state index is 0.0551. The van der Waals surface area contributed by atoms with Gasteiger partial charge in [-0.15, -0.1) is 0 Å². The van der Waals surface area contributed by atoms with Crippen LogP contribution in [0.1, 0.15) is 17.5 Å². The van der Waals surface area contributed by atoms with Gasteiger partial charge in [-0.1, -0.05) is 24.3 Å². The second-order valence-corrected chi connectivity index (χ2v) is 8.00. The topological polar surface area (TPSA) is 72.5 Å². The average molecular weight is 379 g/mol. The molecule has 0 heterocycles. The molecule has 0 unspecified atom stereocenters. The molecule has 0 radical (unpaired) electrons. The van der Waals surface area contributed by atoms with Gasteiger partial charge in [-0.25, -0.2) is 12.8 Å². The first-order valence-corrected chi connectivity index (χ1v) is 10.1. The first-order valence-electron chi connectivity index (χ1n) is 8.22. The lowest BCUT2D eigenvalue weighted by Crippen LogP contribution is -2.28. The van der Waals surface area contributed by atoms with Crippen molar-refractivity contribution in [2.45, 2.75) is 24.3 Å². The van der Waals surface area contributed by atoms with E-state index < -0.39 is 9.84 Å². The molecule has 0 atom stereocenters. The summed E-state index contributed by atoms with van der Waals surface area (Å²) in [7, 11) is -3.18. The lowest BCUT2D eigenvalue weighted by Gasteiger charge is -2.07. The molecule has 26 heavy (non-hydrogen) atoms.